The normalized spacial score (nSPS) is 15.7. The number of rotatable bonds is 9. The minimum Gasteiger partial charge on any atom is -0.491 e. The SMILES string of the molecule is COC(=O)CCCCCN1C(=O)/C(=C/c2ccc(OC(C)C)cc2)SC1=S. The minimum atomic E-state index is -0.201. The van der Waals surface area contributed by atoms with Crippen LogP contribution in [0.4, 0.5) is 0 Å². The molecular weight excluding hydrogens is 382 g/mol. The highest BCUT2D eigenvalue weighted by Crippen LogP contribution is 2.33. The summed E-state index contributed by atoms with van der Waals surface area (Å²) in [4.78, 5) is 26.0. The van der Waals surface area contributed by atoms with Crippen molar-refractivity contribution in [2.45, 2.75) is 45.6 Å². The van der Waals surface area contributed by atoms with Gasteiger partial charge in [-0.25, -0.2) is 0 Å². The summed E-state index contributed by atoms with van der Waals surface area (Å²) < 4.78 is 10.8. The molecule has 1 aromatic carbocycles. The molecule has 146 valence electrons. The number of esters is 1. The monoisotopic (exact) mass is 407 g/mol. The molecule has 0 saturated carbocycles. The van der Waals surface area contributed by atoms with Crippen molar-refractivity contribution in [3.05, 3.63) is 34.7 Å². The van der Waals surface area contributed by atoms with Gasteiger partial charge in [0.1, 0.15) is 10.1 Å². The average molecular weight is 408 g/mol. The van der Waals surface area contributed by atoms with Crippen molar-refractivity contribution in [1.82, 2.24) is 4.90 Å². The molecule has 7 heteroatoms. The first-order chi connectivity index (χ1) is 12.9. The van der Waals surface area contributed by atoms with E-state index in [1.807, 2.05) is 44.2 Å². The van der Waals surface area contributed by atoms with Gasteiger partial charge in [0.25, 0.3) is 5.91 Å². The van der Waals surface area contributed by atoms with Crippen LogP contribution >= 0.6 is 24.0 Å². The quantitative estimate of drug-likeness (QED) is 0.262. The summed E-state index contributed by atoms with van der Waals surface area (Å²) in [5.74, 6) is 0.551. The number of methoxy groups -OCH3 is 1. The van der Waals surface area contributed by atoms with Gasteiger partial charge in [-0.1, -0.05) is 42.5 Å². The van der Waals surface area contributed by atoms with Crippen LogP contribution in [-0.4, -0.2) is 40.9 Å². The van der Waals surface area contributed by atoms with E-state index in [-0.39, 0.29) is 18.0 Å². The Morgan fingerprint density at radius 2 is 1.93 bits per heavy atom. The van der Waals surface area contributed by atoms with E-state index in [0.29, 0.717) is 22.2 Å². The Morgan fingerprint density at radius 3 is 2.56 bits per heavy atom. The van der Waals surface area contributed by atoms with Crippen molar-refractivity contribution < 1.29 is 19.1 Å². The number of hydrogen-bond donors (Lipinski definition) is 0. The summed E-state index contributed by atoms with van der Waals surface area (Å²) in [6.45, 7) is 4.54. The number of ether oxygens (including phenoxy) is 2. The highest BCUT2D eigenvalue weighted by atomic mass is 32.2. The van der Waals surface area contributed by atoms with Crippen molar-refractivity contribution in [2.24, 2.45) is 0 Å². The minimum absolute atomic E-state index is 0.0551. The lowest BCUT2D eigenvalue weighted by Crippen LogP contribution is -2.29. The van der Waals surface area contributed by atoms with Crippen LogP contribution < -0.4 is 4.74 Å². The molecule has 1 aliphatic rings. The largest absolute Gasteiger partial charge is 0.491 e. The summed E-state index contributed by atoms with van der Waals surface area (Å²) in [7, 11) is 1.39. The van der Waals surface area contributed by atoms with E-state index < -0.39 is 0 Å². The Kier molecular flexibility index (Phi) is 8.31. The molecule has 1 aliphatic heterocycles. The van der Waals surface area contributed by atoms with Crippen molar-refractivity contribution >= 4 is 46.3 Å². The molecule has 1 saturated heterocycles. The summed E-state index contributed by atoms with van der Waals surface area (Å²) in [6.07, 6.45) is 4.79. The second kappa shape index (κ2) is 10.5. The summed E-state index contributed by atoms with van der Waals surface area (Å²) in [6, 6.07) is 7.65. The van der Waals surface area contributed by atoms with Crippen molar-refractivity contribution in [3.63, 3.8) is 0 Å². The molecule has 0 aliphatic carbocycles. The molecule has 0 radical (unpaired) electrons. The number of unbranched alkanes of at least 4 members (excludes halogenated alkanes) is 2. The standard InChI is InChI=1S/C20H25NO4S2/c1-14(2)25-16-10-8-15(9-11-16)13-17-19(23)21(20(26)27-17)12-6-4-5-7-18(22)24-3/h8-11,13-14H,4-7,12H2,1-3H3/b17-13-. The average Bonchev–Trinajstić information content (AvgIpc) is 2.89. The van der Waals surface area contributed by atoms with Gasteiger partial charge in [-0.05, 0) is 50.5 Å². The zero-order valence-corrected chi connectivity index (χ0v) is 17.5. The van der Waals surface area contributed by atoms with Gasteiger partial charge < -0.3 is 9.47 Å². The van der Waals surface area contributed by atoms with E-state index in [1.54, 1.807) is 4.90 Å². The number of hydrogen-bond acceptors (Lipinski definition) is 6. The van der Waals surface area contributed by atoms with Crippen LogP contribution in [0, 0.1) is 0 Å². The maximum atomic E-state index is 12.6. The van der Waals surface area contributed by atoms with Crippen LogP contribution in [0.15, 0.2) is 29.2 Å². The van der Waals surface area contributed by atoms with E-state index in [9.17, 15) is 9.59 Å². The first-order valence-corrected chi connectivity index (χ1v) is 10.2. The highest BCUT2D eigenvalue weighted by Gasteiger charge is 2.31. The van der Waals surface area contributed by atoms with Gasteiger partial charge in [0.05, 0.1) is 18.1 Å². The molecule has 0 bridgehead atoms. The van der Waals surface area contributed by atoms with Crippen LogP contribution in [-0.2, 0) is 14.3 Å². The third kappa shape index (κ3) is 6.66. The summed E-state index contributed by atoms with van der Waals surface area (Å²) in [5.41, 5.74) is 0.935. The molecule has 1 fully saturated rings. The van der Waals surface area contributed by atoms with E-state index in [1.165, 1.54) is 18.9 Å². The molecule has 2 rings (SSSR count). The van der Waals surface area contributed by atoms with Crippen molar-refractivity contribution in [2.75, 3.05) is 13.7 Å². The highest BCUT2D eigenvalue weighted by molar-refractivity contribution is 8.26. The summed E-state index contributed by atoms with van der Waals surface area (Å²) in [5, 5.41) is 0. The van der Waals surface area contributed by atoms with Crippen LogP contribution in [0.3, 0.4) is 0 Å². The van der Waals surface area contributed by atoms with Crippen LogP contribution in [0.5, 0.6) is 5.75 Å². The number of carbonyl (C=O) groups is 2. The molecule has 27 heavy (non-hydrogen) atoms. The van der Waals surface area contributed by atoms with Crippen LogP contribution in [0.1, 0.15) is 45.1 Å². The van der Waals surface area contributed by atoms with Gasteiger partial charge >= 0.3 is 5.97 Å². The Balaban J connectivity index is 1.88. The number of thioether (sulfide) groups is 1. The first-order valence-electron chi connectivity index (χ1n) is 8.99. The van der Waals surface area contributed by atoms with Crippen LogP contribution in [0.25, 0.3) is 6.08 Å². The van der Waals surface area contributed by atoms with Gasteiger partial charge in [0.2, 0.25) is 0 Å². The number of benzene rings is 1. The molecule has 5 nitrogen and oxygen atoms in total. The van der Waals surface area contributed by atoms with Crippen molar-refractivity contribution in [3.8, 4) is 5.75 Å². The van der Waals surface area contributed by atoms with E-state index in [2.05, 4.69) is 4.74 Å². The lowest BCUT2D eigenvalue weighted by Gasteiger charge is -2.13. The molecule has 1 heterocycles. The Bertz CT molecular complexity index is 713. The molecule has 1 amide bonds. The molecule has 0 spiro atoms. The lowest BCUT2D eigenvalue weighted by molar-refractivity contribution is -0.140. The maximum Gasteiger partial charge on any atom is 0.305 e. The van der Waals surface area contributed by atoms with E-state index >= 15 is 0 Å². The maximum absolute atomic E-state index is 12.6. The van der Waals surface area contributed by atoms with Gasteiger partial charge in [0, 0.05) is 13.0 Å². The smallest absolute Gasteiger partial charge is 0.305 e. The molecule has 0 N–H and O–H groups in total. The Morgan fingerprint density at radius 1 is 1.22 bits per heavy atom. The molecule has 1 aromatic rings. The Labute approximate surface area is 170 Å². The van der Waals surface area contributed by atoms with Crippen LogP contribution in [0.2, 0.25) is 0 Å². The number of nitrogens with zero attached hydrogens (tertiary/aromatic N) is 1. The van der Waals surface area contributed by atoms with Gasteiger partial charge in [-0.15, -0.1) is 0 Å². The van der Waals surface area contributed by atoms with Crippen molar-refractivity contribution in [1.29, 1.82) is 0 Å². The fourth-order valence-electron chi connectivity index (χ4n) is 2.58. The lowest BCUT2D eigenvalue weighted by atomic mass is 10.2. The molecule has 0 unspecified atom stereocenters. The third-order valence-corrected chi connectivity index (χ3v) is 5.29. The fourth-order valence-corrected chi connectivity index (χ4v) is 3.89. The molecular formula is C20H25NO4S2. The predicted molar refractivity (Wildman–Crippen MR) is 113 cm³/mol. The number of thiocarbonyl (C=S) groups is 1. The first kappa shape index (κ1) is 21.4. The topological polar surface area (TPSA) is 55.8 Å². The van der Waals surface area contributed by atoms with Gasteiger partial charge in [-0.3, -0.25) is 14.5 Å². The second-order valence-electron chi connectivity index (χ2n) is 6.46. The van der Waals surface area contributed by atoms with Gasteiger partial charge in [0.15, 0.2) is 0 Å². The fraction of sp³-hybridized carbons (Fsp3) is 0.450. The molecule has 0 atom stereocenters. The second-order valence-corrected chi connectivity index (χ2v) is 8.13. The third-order valence-electron chi connectivity index (χ3n) is 3.91. The molecule has 0 aromatic heterocycles. The number of carbonyl (C=O) groups excluding carboxylic acids is 2. The zero-order valence-electron chi connectivity index (χ0n) is 15.9. The van der Waals surface area contributed by atoms with Gasteiger partial charge in [-0.2, -0.15) is 0 Å². The predicted octanol–water partition coefficient (Wildman–Crippen LogP) is 4.41. The van der Waals surface area contributed by atoms with E-state index in [0.717, 1.165) is 30.6 Å². The zero-order chi connectivity index (χ0) is 19.8. The number of amides is 1. The summed E-state index contributed by atoms with van der Waals surface area (Å²) >= 11 is 6.68. The Hall–Kier alpha value is -1.86. The van der Waals surface area contributed by atoms with E-state index in [4.69, 9.17) is 17.0 Å².